The number of rotatable bonds is 2. The molecule has 1 unspecified atom stereocenters. The first-order chi connectivity index (χ1) is 7.31. The second kappa shape index (κ2) is 4.81. The smallest absolute Gasteiger partial charge is 0.317 e. The molecule has 2 aliphatic rings. The molecule has 1 saturated heterocycles. The van der Waals surface area contributed by atoms with E-state index in [1.807, 2.05) is 4.90 Å². The van der Waals surface area contributed by atoms with E-state index in [0.29, 0.717) is 12.6 Å². The summed E-state index contributed by atoms with van der Waals surface area (Å²) in [6, 6.07) is 0.626. The van der Waals surface area contributed by atoms with Gasteiger partial charge in [0.25, 0.3) is 0 Å². The second-order valence-corrected chi connectivity index (χ2v) is 4.36. The summed E-state index contributed by atoms with van der Waals surface area (Å²) in [6.07, 6.45) is 3.50. The minimum atomic E-state index is 0.0663. The summed E-state index contributed by atoms with van der Waals surface area (Å²) in [5.41, 5.74) is 5.65. The molecule has 0 aromatic heterocycles. The number of amides is 2. The molecule has 1 atom stereocenters. The summed E-state index contributed by atoms with van der Waals surface area (Å²) < 4.78 is 0. The highest BCUT2D eigenvalue weighted by Gasteiger charge is 2.28. The van der Waals surface area contributed by atoms with Crippen LogP contribution in [0.2, 0.25) is 0 Å². The number of nitrogens with two attached hydrogens (primary N) is 1. The lowest BCUT2D eigenvalue weighted by Gasteiger charge is -2.37. The van der Waals surface area contributed by atoms with Gasteiger partial charge in [-0.2, -0.15) is 0 Å². The SMILES string of the molecule is NCC1CNCCN1C(=O)NC1CCC1. The molecule has 1 aliphatic carbocycles. The minimum absolute atomic E-state index is 0.0663. The molecule has 1 heterocycles. The van der Waals surface area contributed by atoms with E-state index in [9.17, 15) is 4.79 Å². The molecule has 5 heteroatoms. The van der Waals surface area contributed by atoms with Gasteiger partial charge in [-0.1, -0.05) is 0 Å². The van der Waals surface area contributed by atoms with Crippen molar-refractivity contribution in [3.63, 3.8) is 0 Å². The molecule has 2 rings (SSSR count). The third kappa shape index (κ3) is 2.41. The average molecular weight is 212 g/mol. The van der Waals surface area contributed by atoms with Crippen LogP contribution in [0.4, 0.5) is 4.79 Å². The third-order valence-electron chi connectivity index (χ3n) is 3.32. The van der Waals surface area contributed by atoms with Crippen LogP contribution in [-0.4, -0.2) is 49.2 Å². The molecule has 15 heavy (non-hydrogen) atoms. The Morgan fingerprint density at radius 1 is 1.53 bits per heavy atom. The number of hydrogen-bond donors (Lipinski definition) is 3. The molecule has 0 bridgehead atoms. The maximum Gasteiger partial charge on any atom is 0.317 e. The normalized spacial score (nSPS) is 27.3. The number of urea groups is 1. The molecule has 5 nitrogen and oxygen atoms in total. The summed E-state index contributed by atoms with van der Waals surface area (Å²) in [5, 5.41) is 6.30. The maximum absolute atomic E-state index is 11.9. The van der Waals surface area contributed by atoms with E-state index in [0.717, 1.165) is 32.5 Å². The molecular formula is C10H20N4O. The summed E-state index contributed by atoms with van der Waals surface area (Å²) in [4.78, 5) is 13.8. The van der Waals surface area contributed by atoms with E-state index in [1.165, 1.54) is 6.42 Å². The van der Waals surface area contributed by atoms with Crippen molar-refractivity contribution in [2.75, 3.05) is 26.2 Å². The second-order valence-electron chi connectivity index (χ2n) is 4.36. The molecule has 0 aromatic rings. The average Bonchev–Trinajstić information content (AvgIpc) is 2.23. The van der Waals surface area contributed by atoms with Crippen LogP contribution in [0, 0.1) is 0 Å². The lowest BCUT2D eigenvalue weighted by Crippen LogP contribution is -2.60. The van der Waals surface area contributed by atoms with Gasteiger partial charge in [-0.3, -0.25) is 0 Å². The Bertz CT molecular complexity index is 229. The van der Waals surface area contributed by atoms with Crippen LogP contribution in [0.3, 0.4) is 0 Å². The topological polar surface area (TPSA) is 70.4 Å². The van der Waals surface area contributed by atoms with Crippen LogP contribution in [-0.2, 0) is 0 Å². The monoisotopic (exact) mass is 212 g/mol. The highest BCUT2D eigenvalue weighted by atomic mass is 16.2. The summed E-state index contributed by atoms with van der Waals surface area (Å²) >= 11 is 0. The quantitative estimate of drug-likeness (QED) is 0.577. The van der Waals surface area contributed by atoms with Crippen molar-refractivity contribution in [3.8, 4) is 0 Å². The molecule has 1 aliphatic heterocycles. The van der Waals surface area contributed by atoms with Gasteiger partial charge >= 0.3 is 6.03 Å². The van der Waals surface area contributed by atoms with Crippen molar-refractivity contribution in [1.82, 2.24) is 15.5 Å². The number of piperazine rings is 1. The van der Waals surface area contributed by atoms with Gasteiger partial charge in [-0.05, 0) is 19.3 Å². The van der Waals surface area contributed by atoms with E-state index < -0.39 is 0 Å². The van der Waals surface area contributed by atoms with Crippen LogP contribution in [0.5, 0.6) is 0 Å². The van der Waals surface area contributed by atoms with Crippen molar-refractivity contribution >= 4 is 6.03 Å². The van der Waals surface area contributed by atoms with Crippen LogP contribution < -0.4 is 16.4 Å². The molecule has 2 fully saturated rings. The maximum atomic E-state index is 11.9. The zero-order valence-corrected chi connectivity index (χ0v) is 9.04. The van der Waals surface area contributed by atoms with Crippen LogP contribution in [0.25, 0.3) is 0 Å². The van der Waals surface area contributed by atoms with Crippen molar-refractivity contribution in [2.24, 2.45) is 5.73 Å². The van der Waals surface area contributed by atoms with Gasteiger partial charge in [-0.15, -0.1) is 0 Å². The standard InChI is InChI=1S/C10H20N4O/c11-6-9-7-12-4-5-14(9)10(15)13-8-2-1-3-8/h8-9,12H,1-7,11H2,(H,13,15). The van der Waals surface area contributed by atoms with Crippen molar-refractivity contribution in [2.45, 2.75) is 31.3 Å². The number of nitrogens with one attached hydrogen (secondary N) is 2. The Balaban J connectivity index is 1.85. The van der Waals surface area contributed by atoms with Crippen molar-refractivity contribution < 1.29 is 4.79 Å². The third-order valence-corrected chi connectivity index (χ3v) is 3.32. The zero-order chi connectivity index (χ0) is 10.7. The fraction of sp³-hybridized carbons (Fsp3) is 0.900. The van der Waals surface area contributed by atoms with Gasteiger partial charge in [0.2, 0.25) is 0 Å². The van der Waals surface area contributed by atoms with E-state index in [-0.39, 0.29) is 12.1 Å². The van der Waals surface area contributed by atoms with Gasteiger partial charge in [0.05, 0.1) is 6.04 Å². The molecule has 4 N–H and O–H groups in total. The fourth-order valence-electron chi connectivity index (χ4n) is 2.05. The highest BCUT2D eigenvalue weighted by molar-refractivity contribution is 5.75. The van der Waals surface area contributed by atoms with E-state index in [1.54, 1.807) is 0 Å². The molecule has 0 aromatic carbocycles. The van der Waals surface area contributed by atoms with Crippen molar-refractivity contribution in [3.05, 3.63) is 0 Å². The van der Waals surface area contributed by atoms with Gasteiger partial charge in [0.1, 0.15) is 0 Å². The van der Waals surface area contributed by atoms with Crippen molar-refractivity contribution in [1.29, 1.82) is 0 Å². The van der Waals surface area contributed by atoms with Crippen LogP contribution in [0.15, 0.2) is 0 Å². The van der Waals surface area contributed by atoms with Gasteiger partial charge in [0.15, 0.2) is 0 Å². The largest absolute Gasteiger partial charge is 0.335 e. The van der Waals surface area contributed by atoms with Crippen LogP contribution >= 0.6 is 0 Å². The fourth-order valence-corrected chi connectivity index (χ4v) is 2.05. The number of hydrogen-bond acceptors (Lipinski definition) is 3. The Morgan fingerprint density at radius 2 is 2.33 bits per heavy atom. The lowest BCUT2D eigenvalue weighted by atomic mass is 9.93. The van der Waals surface area contributed by atoms with E-state index in [4.69, 9.17) is 5.73 Å². The number of carbonyl (C=O) groups excluding carboxylic acids is 1. The Morgan fingerprint density at radius 3 is 2.93 bits per heavy atom. The van der Waals surface area contributed by atoms with Gasteiger partial charge in [-0.25, -0.2) is 4.79 Å². The Hall–Kier alpha value is -0.810. The summed E-state index contributed by atoms with van der Waals surface area (Å²) in [7, 11) is 0. The van der Waals surface area contributed by atoms with Crippen LogP contribution in [0.1, 0.15) is 19.3 Å². The molecule has 86 valence electrons. The number of carbonyl (C=O) groups is 1. The molecule has 0 spiro atoms. The predicted octanol–water partition coefficient (Wildman–Crippen LogP) is -0.519. The molecule has 0 radical (unpaired) electrons. The zero-order valence-electron chi connectivity index (χ0n) is 9.04. The molecule has 1 saturated carbocycles. The Kier molecular flexibility index (Phi) is 3.43. The molecular weight excluding hydrogens is 192 g/mol. The summed E-state index contributed by atoms with van der Waals surface area (Å²) in [5.74, 6) is 0. The predicted molar refractivity (Wildman–Crippen MR) is 58.6 cm³/mol. The van der Waals surface area contributed by atoms with Gasteiger partial charge in [0, 0.05) is 32.2 Å². The first-order valence-electron chi connectivity index (χ1n) is 5.79. The van der Waals surface area contributed by atoms with Gasteiger partial charge < -0.3 is 21.3 Å². The van der Waals surface area contributed by atoms with E-state index >= 15 is 0 Å². The van der Waals surface area contributed by atoms with E-state index in [2.05, 4.69) is 10.6 Å². The summed E-state index contributed by atoms with van der Waals surface area (Å²) in [6.45, 7) is 2.98. The molecule has 2 amide bonds. The lowest BCUT2D eigenvalue weighted by molar-refractivity contribution is 0.152. The Labute approximate surface area is 90.4 Å². The minimum Gasteiger partial charge on any atom is -0.335 e. The first kappa shape index (κ1) is 10.7. The highest BCUT2D eigenvalue weighted by Crippen LogP contribution is 2.18. The first-order valence-corrected chi connectivity index (χ1v) is 5.79. The number of nitrogens with zero attached hydrogens (tertiary/aromatic N) is 1.